The minimum absolute atomic E-state index is 1.14. The van der Waals surface area contributed by atoms with Crippen LogP contribution in [0, 0.1) is 5.41 Å². The minimum Gasteiger partial charge on any atom is -0.293 e. The van der Waals surface area contributed by atoms with E-state index < -0.39 is 42.8 Å². The summed E-state index contributed by atoms with van der Waals surface area (Å²) in [6.07, 6.45) is -14.9. The van der Waals surface area contributed by atoms with Crippen molar-refractivity contribution in [2.24, 2.45) is 5.41 Å². The molecule has 0 aliphatic carbocycles. The Kier molecular flexibility index (Phi) is 4.30. The predicted octanol–water partition coefficient (Wildman–Crippen LogP) is 5.05. The highest BCUT2D eigenvalue weighted by molar-refractivity contribution is 7.81. The predicted molar refractivity (Wildman–Crippen MR) is 58.3 cm³/mol. The third-order valence-electron chi connectivity index (χ3n) is 2.87. The van der Waals surface area contributed by atoms with Crippen LogP contribution in [0.5, 0.6) is 0 Å². The summed E-state index contributed by atoms with van der Waals surface area (Å²) in [6.45, 7) is -0.988. The maximum absolute atomic E-state index is 12.9. The van der Waals surface area contributed by atoms with Crippen LogP contribution < -0.4 is 0 Å². The molecule has 0 aromatic rings. The van der Waals surface area contributed by atoms with Gasteiger partial charge in [0.05, 0.1) is 6.10 Å². The summed E-state index contributed by atoms with van der Waals surface area (Å²) in [4.78, 5) is 0. The zero-order valence-corrected chi connectivity index (χ0v) is 12.3. The first-order chi connectivity index (χ1) is 8.52. The number of alkyl halides is 6. The summed E-state index contributed by atoms with van der Waals surface area (Å²) >= 11 is 5.08. The Hall–Kier alpha value is 0.0200. The summed E-state index contributed by atoms with van der Waals surface area (Å²) in [5.74, 6) is 0. The van der Waals surface area contributed by atoms with Crippen LogP contribution in [0.15, 0.2) is 0 Å². The summed E-state index contributed by atoms with van der Waals surface area (Å²) in [7, 11) is 0. The Morgan fingerprint density at radius 3 is 1.80 bits per heavy atom. The van der Waals surface area contributed by atoms with E-state index in [1.54, 1.807) is 0 Å². The molecule has 0 radical (unpaired) electrons. The third kappa shape index (κ3) is 3.26. The van der Waals surface area contributed by atoms with Crippen LogP contribution in [0.4, 0.5) is 26.3 Å². The number of hydrogen-bond donors (Lipinski definition) is 0. The van der Waals surface area contributed by atoms with Gasteiger partial charge in [-0.2, -0.15) is 26.3 Å². The second kappa shape index (κ2) is 4.76. The Bertz CT molecular complexity index is 413. The molecule has 0 unspecified atom stereocenters. The summed E-state index contributed by atoms with van der Waals surface area (Å²) in [6, 6.07) is 0. The number of hydrogen-bond acceptors (Lipinski definition) is 3. The third-order valence-corrected chi connectivity index (χ3v) is 4.35. The van der Waals surface area contributed by atoms with Crippen LogP contribution >= 0.6 is 18.2 Å². The van der Waals surface area contributed by atoms with E-state index in [0.29, 0.717) is 0 Å². The molecule has 0 aromatic carbocycles. The average Bonchev–Trinajstić information content (AvgIpc) is 2.09. The van der Waals surface area contributed by atoms with E-state index in [0.717, 1.165) is 0 Å². The number of halogens is 7. The van der Waals surface area contributed by atoms with Gasteiger partial charge in [0.1, 0.15) is 0 Å². The van der Waals surface area contributed by atoms with Crippen LogP contribution in [0.1, 0.15) is 27.2 Å². The molecule has 11 heteroatoms. The van der Waals surface area contributed by atoms with E-state index in [-0.39, 0.29) is 0 Å². The molecule has 2 atom stereocenters. The lowest BCUT2D eigenvalue weighted by Crippen LogP contribution is -2.62. The molecule has 1 rings (SSSR count). The fourth-order valence-electron chi connectivity index (χ4n) is 1.66. The van der Waals surface area contributed by atoms with Crippen LogP contribution in [0.2, 0.25) is 0 Å². The van der Waals surface area contributed by atoms with Crippen molar-refractivity contribution in [2.45, 2.75) is 51.2 Å². The molecular weight excluding hydrogens is 337 g/mol. The highest BCUT2D eigenvalue weighted by Crippen LogP contribution is 2.68. The monoisotopic (exact) mass is 348 g/mol. The molecule has 1 aliphatic heterocycles. The van der Waals surface area contributed by atoms with Gasteiger partial charge in [-0.25, -0.2) is 4.57 Å². The Labute approximate surface area is 115 Å². The van der Waals surface area contributed by atoms with Gasteiger partial charge in [0.2, 0.25) is 0 Å². The van der Waals surface area contributed by atoms with Gasteiger partial charge in [-0.1, -0.05) is 20.8 Å². The lowest BCUT2D eigenvalue weighted by molar-refractivity contribution is -0.373. The zero-order valence-electron chi connectivity index (χ0n) is 10.6. The Morgan fingerprint density at radius 2 is 1.50 bits per heavy atom. The van der Waals surface area contributed by atoms with Gasteiger partial charge in [-0.15, -0.1) is 0 Å². The second-order valence-corrected chi connectivity index (χ2v) is 8.01. The smallest absolute Gasteiger partial charge is 0.293 e. The largest absolute Gasteiger partial charge is 0.427 e. The highest BCUT2D eigenvalue weighted by Gasteiger charge is 2.77. The van der Waals surface area contributed by atoms with E-state index in [4.69, 9.17) is 11.2 Å². The molecule has 0 bridgehead atoms. The molecular formula is C9H12ClF6O3P. The Morgan fingerprint density at radius 1 is 1.10 bits per heavy atom. The van der Waals surface area contributed by atoms with Gasteiger partial charge in [0.25, 0.3) is 5.60 Å². The fourth-order valence-corrected chi connectivity index (χ4v) is 3.69. The van der Waals surface area contributed by atoms with Gasteiger partial charge >= 0.3 is 19.3 Å². The molecule has 1 saturated heterocycles. The standard InChI is InChI=1S/C9H12ClF6O3P/c1-6(2,3)5-4-7(8(11,12)13,9(14,15)16)19-20(10,17)18-5/h5H,4H2,1-3H3/t5-,20+/m1/s1. The Balaban J connectivity index is 3.42. The minimum atomic E-state index is -5.83. The van der Waals surface area contributed by atoms with Crippen molar-refractivity contribution in [1.82, 2.24) is 0 Å². The fraction of sp³-hybridized carbons (Fsp3) is 1.00. The van der Waals surface area contributed by atoms with Gasteiger partial charge in [-0.3, -0.25) is 9.05 Å². The molecule has 1 fully saturated rings. The molecule has 0 saturated carbocycles. The first kappa shape index (κ1) is 18.1. The highest BCUT2D eigenvalue weighted by atomic mass is 35.7. The van der Waals surface area contributed by atoms with Crippen molar-refractivity contribution in [3.63, 3.8) is 0 Å². The van der Waals surface area contributed by atoms with E-state index >= 15 is 0 Å². The van der Waals surface area contributed by atoms with Gasteiger partial charge in [-0.05, 0) is 5.41 Å². The molecule has 3 nitrogen and oxygen atoms in total. The lowest BCUT2D eigenvalue weighted by atomic mass is 9.81. The molecule has 20 heavy (non-hydrogen) atoms. The molecule has 0 N–H and O–H groups in total. The SMILES string of the molecule is CC(C)(C)[C@H]1CC(C(F)(F)F)(C(F)(F)F)O[P@](=O)(Cl)O1. The van der Waals surface area contributed by atoms with Gasteiger partial charge < -0.3 is 0 Å². The molecule has 0 aromatic heterocycles. The summed E-state index contributed by atoms with van der Waals surface area (Å²) in [5.41, 5.74) is -5.75. The molecule has 1 aliphatic rings. The van der Waals surface area contributed by atoms with Crippen molar-refractivity contribution in [2.75, 3.05) is 0 Å². The second-order valence-electron chi connectivity index (χ2n) is 5.51. The molecule has 1 heterocycles. The molecule has 0 amide bonds. The van der Waals surface area contributed by atoms with Crippen molar-refractivity contribution >= 4 is 18.2 Å². The van der Waals surface area contributed by atoms with Crippen molar-refractivity contribution in [3.05, 3.63) is 0 Å². The van der Waals surface area contributed by atoms with Crippen molar-refractivity contribution < 1.29 is 40.0 Å². The normalized spacial score (nSPS) is 32.2. The first-order valence-corrected chi connectivity index (χ1v) is 7.79. The van der Waals surface area contributed by atoms with Crippen LogP contribution in [0.3, 0.4) is 0 Å². The summed E-state index contributed by atoms with van der Waals surface area (Å²) < 4.78 is 97.3. The van der Waals surface area contributed by atoms with Crippen molar-refractivity contribution in [3.8, 4) is 0 Å². The van der Waals surface area contributed by atoms with Crippen LogP contribution in [-0.2, 0) is 13.6 Å². The topological polar surface area (TPSA) is 35.5 Å². The van der Waals surface area contributed by atoms with Crippen LogP contribution in [0.25, 0.3) is 0 Å². The van der Waals surface area contributed by atoms with E-state index in [2.05, 4.69) is 9.05 Å². The van der Waals surface area contributed by atoms with Gasteiger partial charge in [0.15, 0.2) is 0 Å². The average molecular weight is 349 g/mol. The maximum Gasteiger partial charge on any atom is 0.427 e. The maximum atomic E-state index is 12.9. The van der Waals surface area contributed by atoms with E-state index in [9.17, 15) is 30.9 Å². The molecule has 0 spiro atoms. The molecule has 120 valence electrons. The lowest BCUT2D eigenvalue weighted by Gasteiger charge is -2.46. The van der Waals surface area contributed by atoms with E-state index in [1.165, 1.54) is 20.8 Å². The quantitative estimate of drug-likeness (QED) is 0.454. The zero-order chi connectivity index (χ0) is 16.2. The van der Waals surface area contributed by atoms with Crippen molar-refractivity contribution in [1.29, 1.82) is 0 Å². The van der Waals surface area contributed by atoms with E-state index in [1.807, 2.05) is 0 Å². The number of rotatable bonds is 0. The first-order valence-electron chi connectivity index (χ1n) is 5.34. The summed E-state index contributed by atoms with van der Waals surface area (Å²) in [5, 5.41) is 0. The van der Waals surface area contributed by atoms with Crippen LogP contribution in [-0.4, -0.2) is 24.1 Å². The van der Waals surface area contributed by atoms with Gasteiger partial charge in [0, 0.05) is 17.7 Å².